The van der Waals surface area contributed by atoms with Crippen LogP contribution >= 0.6 is 0 Å². The van der Waals surface area contributed by atoms with Gasteiger partial charge in [-0.3, -0.25) is 4.79 Å². The number of carbonyl (C=O) groups excluding carboxylic acids is 1. The fourth-order valence-corrected chi connectivity index (χ4v) is 4.05. The molecule has 1 aliphatic carbocycles. The number of rotatable bonds is 4. The van der Waals surface area contributed by atoms with Gasteiger partial charge in [0.2, 0.25) is 5.91 Å². The van der Waals surface area contributed by atoms with Crippen molar-refractivity contribution in [1.82, 2.24) is 35.0 Å². The third-order valence-corrected chi connectivity index (χ3v) is 5.31. The summed E-state index contributed by atoms with van der Waals surface area (Å²) in [5.74, 6) is 1.51. The van der Waals surface area contributed by atoms with E-state index in [0.29, 0.717) is 24.0 Å². The van der Waals surface area contributed by atoms with E-state index in [0.717, 1.165) is 31.1 Å². The van der Waals surface area contributed by atoms with E-state index in [1.165, 1.54) is 6.33 Å². The van der Waals surface area contributed by atoms with Crippen molar-refractivity contribution in [2.24, 2.45) is 5.92 Å². The Morgan fingerprint density at radius 1 is 1.27 bits per heavy atom. The zero-order valence-corrected chi connectivity index (χ0v) is 14.1. The molecule has 3 aromatic heterocycles. The van der Waals surface area contributed by atoms with Crippen LogP contribution < -0.4 is 10.6 Å². The Labute approximate surface area is 149 Å². The normalized spacial score (nSPS) is 24.6. The first kappa shape index (κ1) is 15.2. The number of anilines is 1. The summed E-state index contributed by atoms with van der Waals surface area (Å²) in [6.07, 6.45) is 10.5. The van der Waals surface area contributed by atoms with Gasteiger partial charge in [0, 0.05) is 24.9 Å². The lowest BCUT2D eigenvalue weighted by atomic mass is 9.80. The van der Waals surface area contributed by atoms with Crippen molar-refractivity contribution in [3.8, 4) is 5.95 Å². The van der Waals surface area contributed by atoms with Crippen LogP contribution in [0.2, 0.25) is 0 Å². The van der Waals surface area contributed by atoms with Crippen LogP contribution in [0.25, 0.3) is 17.0 Å². The second kappa shape index (κ2) is 5.72. The molecule has 0 spiro atoms. The van der Waals surface area contributed by atoms with Gasteiger partial charge < -0.3 is 10.6 Å². The maximum absolute atomic E-state index is 12.1. The molecular weight excluding hydrogens is 332 g/mol. The van der Waals surface area contributed by atoms with Crippen molar-refractivity contribution in [2.45, 2.75) is 31.2 Å². The lowest BCUT2D eigenvalue weighted by Crippen LogP contribution is -2.47. The molecule has 132 valence electrons. The quantitative estimate of drug-likeness (QED) is 0.724. The van der Waals surface area contributed by atoms with Crippen LogP contribution in [0, 0.1) is 5.92 Å². The number of aromatic nitrogens is 6. The molecule has 0 radical (unpaired) electrons. The predicted octanol–water partition coefficient (Wildman–Crippen LogP) is 1.08. The second-order valence-electron chi connectivity index (χ2n) is 6.98. The van der Waals surface area contributed by atoms with Gasteiger partial charge in [0.25, 0.3) is 5.95 Å². The number of nitrogens with one attached hydrogen (secondary N) is 2. The second-order valence-corrected chi connectivity index (χ2v) is 6.98. The molecule has 1 saturated heterocycles. The summed E-state index contributed by atoms with van der Waals surface area (Å²) in [5, 5.41) is 11.8. The minimum atomic E-state index is -0.171. The molecule has 2 atom stereocenters. The first-order valence-electron chi connectivity index (χ1n) is 8.76. The molecule has 0 aromatic carbocycles. The van der Waals surface area contributed by atoms with Gasteiger partial charge >= 0.3 is 0 Å². The summed E-state index contributed by atoms with van der Waals surface area (Å²) >= 11 is 0. The zero-order valence-electron chi connectivity index (χ0n) is 14.1. The summed E-state index contributed by atoms with van der Waals surface area (Å²) in [6, 6.07) is 1.75. The molecule has 1 aliphatic heterocycles. The SMILES string of the molecule is O=C1NC2(CNc3ncnc4c3cnn4-c3ncccn3)CCCC1C2. The molecule has 2 unspecified atom stereocenters. The highest BCUT2D eigenvalue weighted by Gasteiger charge is 2.46. The molecule has 5 rings (SSSR count). The van der Waals surface area contributed by atoms with E-state index in [-0.39, 0.29) is 17.4 Å². The number of fused-ring (bicyclic) bond motifs is 3. The Kier molecular flexibility index (Phi) is 3.34. The fourth-order valence-electron chi connectivity index (χ4n) is 4.05. The van der Waals surface area contributed by atoms with Crippen molar-refractivity contribution in [3.05, 3.63) is 31.0 Å². The van der Waals surface area contributed by atoms with Gasteiger partial charge in [-0.1, -0.05) is 6.42 Å². The summed E-state index contributed by atoms with van der Waals surface area (Å²) in [5.41, 5.74) is 0.471. The standard InChI is InChI=1S/C17H18N8O/c26-15-11-3-1-4-17(7-11,24-15)9-20-13-12-8-23-25(14(12)22-10-21-13)16-18-5-2-6-19-16/h2,5-6,8,10-11H,1,3-4,7,9H2,(H,24,26)(H,20,21,22). The van der Waals surface area contributed by atoms with E-state index < -0.39 is 0 Å². The van der Waals surface area contributed by atoms with Crippen LogP contribution in [0.1, 0.15) is 25.7 Å². The number of hydrogen-bond acceptors (Lipinski definition) is 7. The molecule has 2 bridgehead atoms. The Morgan fingerprint density at radius 3 is 3.04 bits per heavy atom. The molecule has 9 heteroatoms. The summed E-state index contributed by atoms with van der Waals surface area (Å²) < 4.78 is 1.59. The molecule has 3 aromatic rings. The minimum Gasteiger partial charge on any atom is -0.367 e. The first-order chi connectivity index (χ1) is 12.7. The van der Waals surface area contributed by atoms with Gasteiger partial charge in [-0.2, -0.15) is 9.78 Å². The van der Waals surface area contributed by atoms with E-state index in [1.54, 1.807) is 29.3 Å². The number of carbonyl (C=O) groups is 1. The molecule has 26 heavy (non-hydrogen) atoms. The van der Waals surface area contributed by atoms with Gasteiger partial charge in [0.15, 0.2) is 5.65 Å². The van der Waals surface area contributed by atoms with Crippen LogP contribution in [0.4, 0.5) is 5.82 Å². The number of nitrogens with zero attached hydrogens (tertiary/aromatic N) is 6. The highest BCUT2D eigenvalue weighted by Crippen LogP contribution is 2.38. The first-order valence-corrected chi connectivity index (χ1v) is 8.76. The lowest BCUT2D eigenvalue weighted by molar-refractivity contribution is -0.122. The topological polar surface area (TPSA) is 111 Å². The maximum atomic E-state index is 12.1. The Balaban J connectivity index is 1.43. The lowest BCUT2D eigenvalue weighted by Gasteiger charge is -2.32. The maximum Gasteiger partial charge on any atom is 0.252 e. The highest BCUT2D eigenvalue weighted by atomic mass is 16.2. The molecule has 2 aliphatic rings. The molecule has 9 nitrogen and oxygen atoms in total. The van der Waals surface area contributed by atoms with Gasteiger partial charge in [-0.15, -0.1) is 0 Å². The molecule has 1 amide bonds. The van der Waals surface area contributed by atoms with Crippen LogP contribution in [0.3, 0.4) is 0 Å². The van der Waals surface area contributed by atoms with Crippen LogP contribution in [-0.2, 0) is 4.79 Å². The zero-order chi connectivity index (χ0) is 17.6. The third kappa shape index (κ3) is 2.39. The Hall–Kier alpha value is -3.10. The predicted molar refractivity (Wildman–Crippen MR) is 93.6 cm³/mol. The molecule has 2 fully saturated rings. The number of amides is 1. The van der Waals surface area contributed by atoms with Crippen LogP contribution in [0.15, 0.2) is 31.0 Å². The Bertz CT molecular complexity index is 971. The van der Waals surface area contributed by atoms with Crippen molar-refractivity contribution in [3.63, 3.8) is 0 Å². The average Bonchev–Trinajstić information content (AvgIpc) is 3.20. The summed E-state index contributed by atoms with van der Waals surface area (Å²) in [4.78, 5) is 29.2. The van der Waals surface area contributed by atoms with Gasteiger partial charge in [0.05, 0.1) is 17.1 Å². The van der Waals surface area contributed by atoms with Gasteiger partial charge in [0.1, 0.15) is 12.1 Å². The number of hydrogen-bond donors (Lipinski definition) is 2. The fraction of sp³-hybridized carbons (Fsp3) is 0.412. The van der Waals surface area contributed by atoms with Crippen molar-refractivity contribution in [1.29, 1.82) is 0 Å². The molecule has 2 N–H and O–H groups in total. The Morgan fingerprint density at radius 2 is 2.15 bits per heavy atom. The van der Waals surface area contributed by atoms with E-state index in [9.17, 15) is 4.79 Å². The van der Waals surface area contributed by atoms with Crippen molar-refractivity contribution >= 4 is 22.8 Å². The summed E-state index contributed by atoms with van der Waals surface area (Å²) in [7, 11) is 0. The molecular formula is C17H18N8O. The monoisotopic (exact) mass is 350 g/mol. The molecule has 4 heterocycles. The van der Waals surface area contributed by atoms with E-state index in [1.807, 2.05) is 0 Å². The smallest absolute Gasteiger partial charge is 0.252 e. The minimum absolute atomic E-state index is 0.161. The van der Waals surface area contributed by atoms with Gasteiger partial charge in [-0.05, 0) is 25.3 Å². The van der Waals surface area contributed by atoms with E-state index >= 15 is 0 Å². The van der Waals surface area contributed by atoms with E-state index in [2.05, 4.69) is 35.7 Å². The van der Waals surface area contributed by atoms with Crippen LogP contribution in [0.5, 0.6) is 0 Å². The van der Waals surface area contributed by atoms with Crippen LogP contribution in [-0.4, -0.2) is 47.7 Å². The van der Waals surface area contributed by atoms with Crippen molar-refractivity contribution in [2.75, 3.05) is 11.9 Å². The average molecular weight is 350 g/mol. The summed E-state index contributed by atoms with van der Waals surface area (Å²) in [6.45, 7) is 0.647. The third-order valence-electron chi connectivity index (χ3n) is 5.31. The highest BCUT2D eigenvalue weighted by molar-refractivity contribution is 5.87. The molecule has 1 saturated carbocycles. The van der Waals surface area contributed by atoms with Gasteiger partial charge in [-0.25, -0.2) is 19.9 Å². The van der Waals surface area contributed by atoms with Crippen molar-refractivity contribution < 1.29 is 4.79 Å². The largest absolute Gasteiger partial charge is 0.367 e. The van der Waals surface area contributed by atoms with E-state index in [4.69, 9.17) is 0 Å².